The molecule has 1 saturated carbocycles. The molecule has 1 N–H and O–H groups in total. The molecule has 0 spiro atoms. The van der Waals surface area contributed by atoms with Crippen molar-refractivity contribution in [2.45, 2.75) is 42.3 Å². The highest BCUT2D eigenvalue weighted by molar-refractivity contribution is 8.02. The second-order valence-corrected chi connectivity index (χ2v) is 9.21. The SMILES string of the molecule is CC(=O)N(c1nnc(SC(C)C(=O)Nc2ccc(N(C)C)cc2)s1)C1CC1. The number of aromatic nitrogens is 2. The molecule has 1 atom stereocenters. The summed E-state index contributed by atoms with van der Waals surface area (Å²) in [5.41, 5.74) is 1.83. The van der Waals surface area contributed by atoms with Gasteiger partial charge in [0.15, 0.2) is 4.34 Å². The van der Waals surface area contributed by atoms with Gasteiger partial charge in [0.05, 0.1) is 5.25 Å². The van der Waals surface area contributed by atoms with Crippen molar-refractivity contribution in [3.63, 3.8) is 0 Å². The standard InChI is InChI=1S/C18H23N5O2S2/c1-11(16(25)19-13-5-7-14(8-6-13)22(3)4)26-18-21-20-17(27-18)23(12(2)24)15-9-10-15/h5-8,11,15H,9-10H2,1-4H3,(H,19,25). The number of anilines is 3. The summed E-state index contributed by atoms with van der Waals surface area (Å²) in [6, 6.07) is 7.93. The normalized spacial score (nSPS) is 14.5. The van der Waals surface area contributed by atoms with Crippen LogP contribution in [0.2, 0.25) is 0 Å². The summed E-state index contributed by atoms with van der Waals surface area (Å²) in [5.74, 6) is -0.114. The van der Waals surface area contributed by atoms with Crippen LogP contribution in [0.4, 0.5) is 16.5 Å². The van der Waals surface area contributed by atoms with Crippen LogP contribution in [0.1, 0.15) is 26.7 Å². The number of nitrogens with zero attached hydrogens (tertiary/aromatic N) is 4. The summed E-state index contributed by atoms with van der Waals surface area (Å²) in [5, 5.41) is 11.5. The van der Waals surface area contributed by atoms with Gasteiger partial charge in [-0.15, -0.1) is 10.2 Å². The maximum Gasteiger partial charge on any atom is 0.237 e. The van der Waals surface area contributed by atoms with E-state index in [1.165, 1.54) is 23.1 Å². The molecule has 1 aliphatic carbocycles. The fourth-order valence-electron chi connectivity index (χ4n) is 2.52. The van der Waals surface area contributed by atoms with Gasteiger partial charge in [-0.1, -0.05) is 23.1 Å². The van der Waals surface area contributed by atoms with Crippen LogP contribution in [0.15, 0.2) is 28.6 Å². The number of benzene rings is 1. The van der Waals surface area contributed by atoms with Gasteiger partial charge in [-0.3, -0.25) is 14.5 Å². The number of nitrogens with one attached hydrogen (secondary N) is 1. The minimum absolute atomic E-state index is 0.0165. The van der Waals surface area contributed by atoms with Crippen LogP contribution in [0.3, 0.4) is 0 Å². The number of thioether (sulfide) groups is 1. The quantitative estimate of drug-likeness (QED) is 0.563. The van der Waals surface area contributed by atoms with E-state index in [9.17, 15) is 9.59 Å². The second kappa shape index (κ2) is 8.26. The van der Waals surface area contributed by atoms with E-state index in [4.69, 9.17) is 0 Å². The Kier molecular flexibility index (Phi) is 6.01. The summed E-state index contributed by atoms with van der Waals surface area (Å²) < 4.78 is 0.683. The van der Waals surface area contributed by atoms with Crippen molar-refractivity contribution in [1.29, 1.82) is 0 Å². The Morgan fingerprint density at radius 1 is 1.22 bits per heavy atom. The second-order valence-electron chi connectivity index (χ2n) is 6.66. The van der Waals surface area contributed by atoms with E-state index in [0.29, 0.717) is 9.47 Å². The molecule has 1 aromatic carbocycles. The van der Waals surface area contributed by atoms with Gasteiger partial charge in [0.1, 0.15) is 0 Å². The third-order valence-electron chi connectivity index (χ3n) is 4.15. The van der Waals surface area contributed by atoms with E-state index in [1.807, 2.05) is 50.2 Å². The Hall–Kier alpha value is -2.13. The van der Waals surface area contributed by atoms with Gasteiger partial charge in [-0.2, -0.15) is 0 Å². The first-order valence-corrected chi connectivity index (χ1v) is 10.4. The van der Waals surface area contributed by atoms with Crippen molar-refractivity contribution < 1.29 is 9.59 Å². The van der Waals surface area contributed by atoms with Crippen molar-refractivity contribution >= 4 is 51.4 Å². The van der Waals surface area contributed by atoms with Gasteiger partial charge >= 0.3 is 0 Å². The van der Waals surface area contributed by atoms with Crippen molar-refractivity contribution in [2.75, 3.05) is 29.2 Å². The summed E-state index contributed by atoms with van der Waals surface area (Å²) in [7, 11) is 3.94. The smallest absolute Gasteiger partial charge is 0.237 e. The molecule has 1 fully saturated rings. The largest absolute Gasteiger partial charge is 0.378 e. The van der Waals surface area contributed by atoms with Crippen LogP contribution < -0.4 is 15.1 Å². The average Bonchev–Trinajstić information content (AvgIpc) is 3.34. The van der Waals surface area contributed by atoms with E-state index in [-0.39, 0.29) is 23.1 Å². The van der Waals surface area contributed by atoms with E-state index in [1.54, 1.807) is 11.8 Å². The molecule has 0 aliphatic heterocycles. The molecule has 0 radical (unpaired) electrons. The molecule has 144 valence electrons. The maximum absolute atomic E-state index is 12.5. The summed E-state index contributed by atoms with van der Waals surface area (Å²) in [6.07, 6.45) is 2.01. The van der Waals surface area contributed by atoms with E-state index >= 15 is 0 Å². The first-order valence-electron chi connectivity index (χ1n) is 8.73. The topological polar surface area (TPSA) is 78.4 Å². The van der Waals surface area contributed by atoms with Gasteiger partial charge in [-0.05, 0) is 44.0 Å². The maximum atomic E-state index is 12.5. The highest BCUT2D eigenvalue weighted by atomic mass is 32.2. The van der Waals surface area contributed by atoms with Gasteiger partial charge in [-0.25, -0.2) is 0 Å². The Morgan fingerprint density at radius 2 is 1.89 bits per heavy atom. The average molecular weight is 406 g/mol. The first-order chi connectivity index (χ1) is 12.8. The molecule has 3 rings (SSSR count). The number of hydrogen-bond acceptors (Lipinski definition) is 7. The fourth-order valence-corrected chi connectivity index (χ4v) is 4.62. The lowest BCUT2D eigenvalue weighted by atomic mass is 10.2. The minimum atomic E-state index is -0.328. The number of rotatable bonds is 7. The zero-order valence-electron chi connectivity index (χ0n) is 15.8. The van der Waals surface area contributed by atoms with Crippen LogP contribution in [0.5, 0.6) is 0 Å². The van der Waals surface area contributed by atoms with E-state index in [2.05, 4.69) is 15.5 Å². The van der Waals surface area contributed by atoms with Crippen LogP contribution >= 0.6 is 23.1 Å². The van der Waals surface area contributed by atoms with E-state index in [0.717, 1.165) is 24.2 Å². The first kappa shape index (κ1) is 19.6. The van der Waals surface area contributed by atoms with Crippen LogP contribution in [-0.2, 0) is 9.59 Å². The molecule has 0 bridgehead atoms. The molecule has 1 aliphatic rings. The molecule has 27 heavy (non-hydrogen) atoms. The predicted octanol–water partition coefficient (Wildman–Crippen LogP) is 3.24. The van der Waals surface area contributed by atoms with Gasteiger partial charge in [0, 0.05) is 38.4 Å². The van der Waals surface area contributed by atoms with Crippen molar-refractivity contribution in [1.82, 2.24) is 10.2 Å². The molecular formula is C18H23N5O2S2. The highest BCUT2D eigenvalue weighted by Crippen LogP contribution is 2.36. The third kappa shape index (κ3) is 4.98. The third-order valence-corrected chi connectivity index (χ3v) is 6.26. The number of carbonyl (C=O) groups excluding carboxylic acids is 2. The Balaban J connectivity index is 1.59. The zero-order chi connectivity index (χ0) is 19.6. The van der Waals surface area contributed by atoms with Gasteiger partial charge in [0.25, 0.3) is 0 Å². The van der Waals surface area contributed by atoms with Crippen molar-refractivity contribution in [3.8, 4) is 0 Å². The van der Waals surface area contributed by atoms with Crippen LogP contribution in [-0.4, -0.2) is 47.4 Å². The molecule has 2 aromatic rings. The van der Waals surface area contributed by atoms with E-state index < -0.39 is 0 Å². The fraction of sp³-hybridized carbons (Fsp3) is 0.444. The molecule has 1 aromatic heterocycles. The van der Waals surface area contributed by atoms with Crippen LogP contribution in [0.25, 0.3) is 0 Å². The molecule has 0 saturated heterocycles. The minimum Gasteiger partial charge on any atom is -0.378 e. The summed E-state index contributed by atoms with van der Waals surface area (Å²) in [6.45, 7) is 3.38. The highest BCUT2D eigenvalue weighted by Gasteiger charge is 2.34. The molecule has 1 unspecified atom stereocenters. The Bertz CT molecular complexity index is 817. The Morgan fingerprint density at radius 3 is 2.44 bits per heavy atom. The molecule has 9 heteroatoms. The Labute approximate surface area is 167 Å². The lowest BCUT2D eigenvalue weighted by Crippen LogP contribution is -2.30. The number of hydrogen-bond donors (Lipinski definition) is 1. The molecule has 1 heterocycles. The summed E-state index contributed by atoms with van der Waals surface area (Å²) in [4.78, 5) is 28.0. The van der Waals surface area contributed by atoms with Crippen molar-refractivity contribution in [2.24, 2.45) is 0 Å². The molecule has 2 amide bonds. The van der Waals surface area contributed by atoms with Gasteiger partial charge in [0.2, 0.25) is 16.9 Å². The number of carbonyl (C=O) groups is 2. The lowest BCUT2D eigenvalue weighted by Gasteiger charge is -2.15. The summed E-state index contributed by atoms with van der Waals surface area (Å²) >= 11 is 2.70. The van der Waals surface area contributed by atoms with Crippen LogP contribution in [0, 0.1) is 0 Å². The number of amides is 2. The molecular weight excluding hydrogens is 382 g/mol. The molecule has 7 nitrogen and oxygen atoms in total. The van der Waals surface area contributed by atoms with Gasteiger partial charge < -0.3 is 10.2 Å². The van der Waals surface area contributed by atoms with Crippen molar-refractivity contribution in [3.05, 3.63) is 24.3 Å². The predicted molar refractivity (Wildman–Crippen MR) is 111 cm³/mol. The zero-order valence-corrected chi connectivity index (χ0v) is 17.4. The lowest BCUT2D eigenvalue weighted by molar-refractivity contribution is -0.117. The monoisotopic (exact) mass is 405 g/mol.